The van der Waals surface area contributed by atoms with Crippen molar-refractivity contribution in [2.45, 2.75) is 57.6 Å². The van der Waals surface area contributed by atoms with E-state index in [2.05, 4.69) is 10.3 Å². The van der Waals surface area contributed by atoms with Gasteiger partial charge in [-0.15, -0.1) is 0 Å². The zero-order valence-corrected chi connectivity index (χ0v) is 23.7. The van der Waals surface area contributed by atoms with Crippen molar-refractivity contribution in [1.82, 2.24) is 15.2 Å². The summed E-state index contributed by atoms with van der Waals surface area (Å²) in [6.45, 7) is 3.04. The van der Waals surface area contributed by atoms with E-state index in [1.165, 1.54) is 6.20 Å². The number of pyridine rings is 1. The molecule has 5 rings (SSSR count). The van der Waals surface area contributed by atoms with E-state index in [4.69, 9.17) is 9.47 Å². The van der Waals surface area contributed by atoms with Crippen LogP contribution in [-0.2, 0) is 0 Å². The summed E-state index contributed by atoms with van der Waals surface area (Å²) in [6.07, 6.45) is 6.22. The Bertz CT molecular complexity index is 1340. The summed E-state index contributed by atoms with van der Waals surface area (Å²) >= 11 is 0. The van der Waals surface area contributed by atoms with Crippen LogP contribution < -0.4 is 14.8 Å². The number of hydrogen-bond donors (Lipinski definition) is 1. The molecule has 0 unspecified atom stereocenters. The van der Waals surface area contributed by atoms with Crippen LogP contribution in [-0.4, -0.2) is 59.8 Å². The number of benzene rings is 2. The molecule has 2 fully saturated rings. The van der Waals surface area contributed by atoms with Gasteiger partial charge in [0.15, 0.2) is 5.78 Å². The Labute approximate surface area is 241 Å². The molecule has 1 aliphatic carbocycles. The number of ether oxygens (including phenoxy) is 2. The van der Waals surface area contributed by atoms with Crippen LogP contribution >= 0.6 is 0 Å². The topological polar surface area (TPSA) is 97.8 Å². The molecule has 8 heteroatoms. The second-order valence-corrected chi connectivity index (χ2v) is 11.0. The fourth-order valence-electron chi connectivity index (χ4n) is 5.57. The SMILES string of the molecule is COc1ccc(O[C@H]2CC[C@@H](NC(=O)c3ccc(C(=O)N4CCC(C(=O)c5ccc(C)cc5)CC4)cn3)CC2)cc1. The summed E-state index contributed by atoms with van der Waals surface area (Å²) in [6, 6.07) is 18.6. The van der Waals surface area contributed by atoms with Crippen LogP contribution in [0.4, 0.5) is 0 Å². The molecule has 0 radical (unpaired) electrons. The number of aromatic nitrogens is 1. The fraction of sp³-hybridized carbons (Fsp3) is 0.394. The number of ketones is 1. The molecule has 2 aliphatic rings. The maximum absolute atomic E-state index is 13.1. The number of aryl methyl sites for hydroxylation is 1. The van der Waals surface area contributed by atoms with Crippen LogP contribution in [0.25, 0.3) is 0 Å². The predicted octanol–water partition coefficient (Wildman–Crippen LogP) is 5.25. The summed E-state index contributed by atoms with van der Waals surface area (Å²) < 4.78 is 11.3. The molecule has 0 atom stereocenters. The van der Waals surface area contributed by atoms with E-state index in [0.717, 1.165) is 48.3 Å². The molecule has 0 bridgehead atoms. The smallest absolute Gasteiger partial charge is 0.270 e. The van der Waals surface area contributed by atoms with Gasteiger partial charge in [0.05, 0.1) is 18.8 Å². The molecule has 3 aromatic rings. The molecule has 1 aliphatic heterocycles. The molecular weight excluding hydrogens is 518 g/mol. The van der Waals surface area contributed by atoms with Crippen LogP contribution in [0, 0.1) is 12.8 Å². The normalized spacial score (nSPS) is 19.3. The maximum atomic E-state index is 13.1. The fourth-order valence-corrected chi connectivity index (χ4v) is 5.57. The van der Waals surface area contributed by atoms with E-state index in [0.29, 0.717) is 37.2 Å². The zero-order chi connectivity index (χ0) is 28.8. The number of hydrogen-bond acceptors (Lipinski definition) is 6. The number of amides is 2. The Balaban J connectivity index is 1.06. The lowest BCUT2D eigenvalue weighted by molar-refractivity contribution is 0.0649. The maximum Gasteiger partial charge on any atom is 0.270 e. The molecule has 0 spiro atoms. The first-order chi connectivity index (χ1) is 19.9. The van der Waals surface area contributed by atoms with Gasteiger partial charge in [-0.05, 0) is 81.8 Å². The number of carbonyl (C=O) groups excluding carboxylic acids is 3. The standard InChI is InChI=1S/C33H37N3O5/c1-22-3-5-23(6-4-22)31(37)24-17-19-36(20-18-24)33(39)25-7-16-30(34-21-25)32(38)35-26-8-10-28(11-9-26)41-29-14-12-27(40-2)13-15-29/h3-7,12-16,21,24,26,28H,8-11,17-20H2,1-2H3,(H,35,38)/t26-,28+. The van der Waals surface area contributed by atoms with Gasteiger partial charge in [0.2, 0.25) is 0 Å². The largest absolute Gasteiger partial charge is 0.497 e. The van der Waals surface area contributed by atoms with E-state index in [1.807, 2.05) is 55.5 Å². The number of rotatable bonds is 8. The number of likely N-dealkylation sites (tertiary alicyclic amines) is 1. The highest BCUT2D eigenvalue weighted by Gasteiger charge is 2.29. The highest BCUT2D eigenvalue weighted by atomic mass is 16.5. The van der Waals surface area contributed by atoms with E-state index in [-0.39, 0.29) is 35.7 Å². The van der Waals surface area contributed by atoms with E-state index in [9.17, 15) is 14.4 Å². The number of nitrogens with one attached hydrogen (secondary N) is 1. The Hall–Kier alpha value is -4.20. The molecule has 2 heterocycles. The van der Waals surface area contributed by atoms with Crippen molar-refractivity contribution in [3.05, 3.63) is 89.2 Å². The minimum absolute atomic E-state index is 0.0604. The lowest BCUT2D eigenvalue weighted by atomic mass is 9.88. The van der Waals surface area contributed by atoms with Gasteiger partial charge in [-0.3, -0.25) is 19.4 Å². The zero-order valence-electron chi connectivity index (χ0n) is 23.7. The van der Waals surface area contributed by atoms with Crippen LogP contribution in [0.2, 0.25) is 0 Å². The Kier molecular flexibility index (Phi) is 8.97. The summed E-state index contributed by atoms with van der Waals surface area (Å²) in [5.41, 5.74) is 2.59. The van der Waals surface area contributed by atoms with Crippen LogP contribution in [0.15, 0.2) is 66.9 Å². The number of Topliss-reactive ketones (excluding diaryl/α,β-unsaturated/α-hetero) is 1. The van der Waals surface area contributed by atoms with Gasteiger partial charge >= 0.3 is 0 Å². The van der Waals surface area contributed by atoms with Crippen molar-refractivity contribution < 1.29 is 23.9 Å². The predicted molar refractivity (Wildman–Crippen MR) is 156 cm³/mol. The molecule has 41 heavy (non-hydrogen) atoms. The average molecular weight is 556 g/mol. The third-order valence-corrected chi connectivity index (χ3v) is 8.10. The van der Waals surface area contributed by atoms with Gasteiger partial charge in [-0.1, -0.05) is 29.8 Å². The Morgan fingerprint density at radius 3 is 2.05 bits per heavy atom. The Morgan fingerprint density at radius 2 is 1.44 bits per heavy atom. The number of methoxy groups -OCH3 is 1. The third kappa shape index (κ3) is 7.12. The van der Waals surface area contributed by atoms with Gasteiger partial charge in [0.25, 0.3) is 11.8 Å². The second-order valence-electron chi connectivity index (χ2n) is 11.0. The summed E-state index contributed by atoms with van der Waals surface area (Å²) in [4.78, 5) is 44.8. The van der Waals surface area contributed by atoms with Crippen molar-refractivity contribution >= 4 is 17.6 Å². The van der Waals surface area contributed by atoms with Gasteiger partial charge < -0.3 is 19.7 Å². The Morgan fingerprint density at radius 1 is 0.805 bits per heavy atom. The highest BCUT2D eigenvalue weighted by molar-refractivity contribution is 5.99. The number of nitrogens with zero attached hydrogens (tertiary/aromatic N) is 2. The van der Waals surface area contributed by atoms with E-state index in [1.54, 1.807) is 24.1 Å². The van der Waals surface area contributed by atoms with Crippen LogP contribution in [0.1, 0.15) is 75.3 Å². The minimum atomic E-state index is -0.237. The van der Waals surface area contributed by atoms with Crippen molar-refractivity contribution in [1.29, 1.82) is 0 Å². The second kappa shape index (κ2) is 13.0. The molecule has 1 saturated heterocycles. The quantitative estimate of drug-likeness (QED) is 0.381. The van der Waals surface area contributed by atoms with E-state index < -0.39 is 0 Å². The van der Waals surface area contributed by atoms with Gasteiger partial charge in [-0.2, -0.15) is 0 Å². The highest BCUT2D eigenvalue weighted by Crippen LogP contribution is 2.26. The molecule has 1 saturated carbocycles. The van der Waals surface area contributed by atoms with Gasteiger partial charge in [0, 0.05) is 36.8 Å². The monoisotopic (exact) mass is 555 g/mol. The first kappa shape index (κ1) is 28.3. The van der Waals surface area contributed by atoms with Gasteiger partial charge in [0.1, 0.15) is 17.2 Å². The van der Waals surface area contributed by atoms with Crippen molar-refractivity contribution in [2.24, 2.45) is 5.92 Å². The molecule has 2 amide bonds. The van der Waals surface area contributed by atoms with Gasteiger partial charge in [-0.25, -0.2) is 0 Å². The first-order valence-electron chi connectivity index (χ1n) is 14.4. The summed E-state index contributed by atoms with van der Waals surface area (Å²) in [5, 5.41) is 3.08. The van der Waals surface area contributed by atoms with Crippen molar-refractivity contribution in [3.63, 3.8) is 0 Å². The van der Waals surface area contributed by atoms with Crippen LogP contribution in [0.3, 0.4) is 0 Å². The van der Waals surface area contributed by atoms with E-state index >= 15 is 0 Å². The number of piperidine rings is 1. The molecule has 1 aromatic heterocycles. The molecule has 8 nitrogen and oxygen atoms in total. The third-order valence-electron chi connectivity index (χ3n) is 8.10. The lowest BCUT2D eigenvalue weighted by Crippen LogP contribution is -2.40. The van der Waals surface area contributed by atoms with Crippen LogP contribution in [0.5, 0.6) is 11.5 Å². The molecule has 214 valence electrons. The number of carbonyl (C=O) groups is 3. The first-order valence-corrected chi connectivity index (χ1v) is 14.4. The van der Waals surface area contributed by atoms with Crippen molar-refractivity contribution in [3.8, 4) is 11.5 Å². The molecular formula is C33H37N3O5. The molecule has 1 N–H and O–H groups in total. The minimum Gasteiger partial charge on any atom is -0.497 e. The average Bonchev–Trinajstić information content (AvgIpc) is 3.02. The lowest BCUT2D eigenvalue weighted by Gasteiger charge is -2.31. The summed E-state index contributed by atoms with van der Waals surface area (Å²) in [5.74, 6) is 1.32. The summed E-state index contributed by atoms with van der Waals surface area (Å²) in [7, 11) is 1.64. The molecule has 2 aromatic carbocycles. The van der Waals surface area contributed by atoms with Crippen molar-refractivity contribution in [2.75, 3.05) is 20.2 Å².